The number of carbonyl (C=O) groups is 1. The molecule has 138 valence electrons. The third kappa shape index (κ3) is 3.97. The molecule has 7 nitrogen and oxygen atoms in total. The zero-order chi connectivity index (χ0) is 18.6. The Labute approximate surface area is 157 Å². The number of nitrogens with zero attached hydrogens (tertiary/aromatic N) is 4. The van der Waals surface area contributed by atoms with Crippen LogP contribution in [0.15, 0.2) is 48.8 Å². The van der Waals surface area contributed by atoms with Gasteiger partial charge in [0.1, 0.15) is 23.7 Å². The number of anilines is 2. The number of amides is 1. The van der Waals surface area contributed by atoms with E-state index in [1.807, 2.05) is 36.4 Å². The zero-order valence-corrected chi connectivity index (χ0v) is 15.2. The Hall–Kier alpha value is -3.22. The Kier molecular flexibility index (Phi) is 4.82. The van der Waals surface area contributed by atoms with Crippen molar-refractivity contribution in [2.45, 2.75) is 19.8 Å². The molecule has 3 aromatic rings. The molecule has 0 unspecified atom stereocenters. The van der Waals surface area contributed by atoms with Gasteiger partial charge in [-0.15, -0.1) is 0 Å². The van der Waals surface area contributed by atoms with Crippen molar-refractivity contribution < 1.29 is 4.79 Å². The minimum atomic E-state index is -0.276. The lowest BCUT2D eigenvalue weighted by Gasteiger charge is -2.31. The van der Waals surface area contributed by atoms with Crippen LogP contribution in [-0.2, 0) is 0 Å². The van der Waals surface area contributed by atoms with Crippen molar-refractivity contribution in [1.82, 2.24) is 20.2 Å². The number of H-pyrrole nitrogens is 1. The molecule has 7 heteroatoms. The first-order valence-electron chi connectivity index (χ1n) is 9.18. The largest absolute Gasteiger partial charge is 0.356 e. The Balaban J connectivity index is 1.46. The highest BCUT2D eigenvalue weighted by Crippen LogP contribution is 2.23. The van der Waals surface area contributed by atoms with Gasteiger partial charge in [-0.3, -0.25) is 9.89 Å². The van der Waals surface area contributed by atoms with Crippen LogP contribution in [0, 0.1) is 5.92 Å². The molecule has 1 aromatic carbocycles. The van der Waals surface area contributed by atoms with Crippen LogP contribution in [0.3, 0.4) is 0 Å². The third-order valence-electron chi connectivity index (χ3n) is 4.89. The number of benzene rings is 1. The Bertz CT molecular complexity index is 915. The summed E-state index contributed by atoms with van der Waals surface area (Å²) in [6.45, 7) is 4.23. The molecule has 3 heterocycles. The molecule has 1 aliphatic rings. The minimum Gasteiger partial charge on any atom is -0.356 e. The second-order valence-electron chi connectivity index (χ2n) is 6.92. The molecular formula is C20H22N6O. The first-order chi connectivity index (χ1) is 13.2. The highest BCUT2D eigenvalue weighted by molar-refractivity contribution is 6.03. The fourth-order valence-corrected chi connectivity index (χ4v) is 3.20. The van der Waals surface area contributed by atoms with Crippen molar-refractivity contribution in [2.24, 2.45) is 5.92 Å². The molecule has 0 bridgehead atoms. The number of rotatable bonds is 4. The molecule has 27 heavy (non-hydrogen) atoms. The summed E-state index contributed by atoms with van der Waals surface area (Å²) in [6, 6.07) is 13.3. The average Bonchev–Trinajstić information content (AvgIpc) is 3.20. The number of aromatic amines is 1. The van der Waals surface area contributed by atoms with Gasteiger partial charge in [0, 0.05) is 24.7 Å². The van der Waals surface area contributed by atoms with Gasteiger partial charge in [-0.1, -0.05) is 37.3 Å². The van der Waals surface area contributed by atoms with Crippen LogP contribution in [0.25, 0.3) is 11.3 Å². The number of hydrogen-bond donors (Lipinski definition) is 2. The SMILES string of the molecule is CC1CCN(c2cc(NC(=O)c3cc(-c4ccccc4)n[nH]3)ncn2)CC1. The van der Waals surface area contributed by atoms with E-state index in [0.29, 0.717) is 11.5 Å². The van der Waals surface area contributed by atoms with E-state index < -0.39 is 0 Å². The van der Waals surface area contributed by atoms with Crippen molar-refractivity contribution in [1.29, 1.82) is 0 Å². The molecule has 2 aromatic heterocycles. The van der Waals surface area contributed by atoms with E-state index in [-0.39, 0.29) is 5.91 Å². The van der Waals surface area contributed by atoms with Crippen LogP contribution in [-0.4, -0.2) is 39.2 Å². The normalized spacial score (nSPS) is 14.9. The number of piperidine rings is 1. The van der Waals surface area contributed by atoms with E-state index in [1.165, 1.54) is 6.33 Å². The van der Waals surface area contributed by atoms with Gasteiger partial charge in [-0.25, -0.2) is 9.97 Å². The van der Waals surface area contributed by atoms with Crippen molar-refractivity contribution in [2.75, 3.05) is 23.3 Å². The summed E-state index contributed by atoms with van der Waals surface area (Å²) >= 11 is 0. The third-order valence-corrected chi connectivity index (χ3v) is 4.89. The lowest BCUT2D eigenvalue weighted by Crippen LogP contribution is -2.33. The zero-order valence-electron chi connectivity index (χ0n) is 15.2. The van der Waals surface area contributed by atoms with Crippen LogP contribution in [0.2, 0.25) is 0 Å². The summed E-state index contributed by atoms with van der Waals surface area (Å²) in [7, 11) is 0. The summed E-state index contributed by atoms with van der Waals surface area (Å²) in [5.41, 5.74) is 2.07. The van der Waals surface area contributed by atoms with E-state index in [9.17, 15) is 4.79 Å². The highest BCUT2D eigenvalue weighted by Gasteiger charge is 2.18. The van der Waals surface area contributed by atoms with Gasteiger partial charge >= 0.3 is 0 Å². The van der Waals surface area contributed by atoms with Gasteiger partial charge < -0.3 is 10.2 Å². The smallest absolute Gasteiger partial charge is 0.274 e. The first-order valence-corrected chi connectivity index (χ1v) is 9.18. The van der Waals surface area contributed by atoms with Gasteiger partial charge in [-0.05, 0) is 24.8 Å². The summed E-state index contributed by atoms with van der Waals surface area (Å²) in [6.07, 6.45) is 3.80. The van der Waals surface area contributed by atoms with Crippen molar-refractivity contribution >= 4 is 17.5 Å². The molecule has 1 amide bonds. The number of aromatic nitrogens is 4. The molecule has 1 fully saturated rings. The van der Waals surface area contributed by atoms with E-state index in [2.05, 4.69) is 37.3 Å². The Morgan fingerprint density at radius 3 is 2.70 bits per heavy atom. The van der Waals surface area contributed by atoms with Gasteiger partial charge in [0.25, 0.3) is 5.91 Å². The Morgan fingerprint density at radius 2 is 1.93 bits per heavy atom. The van der Waals surface area contributed by atoms with Crippen molar-refractivity contribution in [3.63, 3.8) is 0 Å². The molecule has 0 radical (unpaired) electrons. The van der Waals surface area contributed by atoms with E-state index in [1.54, 1.807) is 6.07 Å². The summed E-state index contributed by atoms with van der Waals surface area (Å²) in [4.78, 5) is 23.3. The van der Waals surface area contributed by atoms with Gasteiger partial charge in [0.2, 0.25) is 0 Å². The second kappa shape index (κ2) is 7.57. The van der Waals surface area contributed by atoms with Gasteiger partial charge in [0.05, 0.1) is 5.69 Å². The topological polar surface area (TPSA) is 86.8 Å². The van der Waals surface area contributed by atoms with Crippen molar-refractivity contribution in [3.8, 4) is 11.3 Å². The molecule has 1 aliphatic heterocycles. The molecule has 2 N–H and O–H groups in total. The molecular weight excluding hydrogens is 340 g/mol. The first kappa shape index (κ1) is 17.2. The van der Waals surface area contributed by atoms with Crippen LogP contribution in [0.5, 0.6) is 0 Å². The fourth-order valence-electron chi connectivity index (χ4n) is 3.20. The molecule has 0 saturated carbocycles. The highest BCUT2D eigenvalue weighted by atomic mass is 16.2. The van der Waals surface area contributed by atoms with Gasteiger partial charge in [-0.2, -0.15) is 5.10 Å². The molecule has 1 saturated heterocycles. The van der Waals surface area contributed by atoms with E-state index >= 15 is 0 Å². The fraction of sp³-hybridized carbons (Fsp3) is 0.300. The minimum absolute atomic E-state index is 0.276. The molecule has 0 spiro atoms. The van der Waals surface area contributed by atoms with Crippen molar-refractivity contribution in [3.05, 3.63) is 54.5 Å². The Morgan fingerprint density at radius 1 is 1.15 bits per heavy atom. The standard InChI is InChI=1S/C20H22N6O/c1-14-7-9-26(10-8-14)19-12-18(21-13-22-19)23-20(27)17-11-16(24-25-17)15-5-3-2-4-6-15/h2-6,11-14H,7-10H2,1H3,(H,24,25)(H,21,22,23,27). The lowest BCUT2D eigenvalue weighted by atomic mass is 9.99. The monoisotopic (exact) mass is 362 g/mol. The quantitative estimate of drug-likeness (QED) is 0.743. The number of carbonyl (C=O) groups excluding carboxylic acids is 1. The maximum atomic E-state index is 12.5. The number of nitrogens with one attached hydrogen (secondary N) is 2. The summed E-state index contributed by atoms with van der Waals surface area (Å²) in [5, 5.41) is 9.83. The summed E-state index contributed by atoms with van der Waals surface area (Å²) in [5.74, 6) is 1.81. The maximum Gasteiger partial charge on any atom is 0.274 e. The van der Waals surface area contributed by atoms with Crippen LogP contribution in [0.1, 0.15) is 30.3 Å². The van der Waals surface area contributed by atoms with Crippen LogP contribution >= 0.6 is 0 Å². The van der Waals surface area contributed by atoms with Crippen LogP contribution < -0.4 is 10.2 Å². The predicted molar refractivity (Wildman–Crippen MR) is 105 cm³/mol. The molecule has 0 atom stereocenters. The van der Waals surface area contributed by atoms with E-state index in [0.717, 1.165) is 48.9 Å². The van der Waals surface area contributed by atoms with E-state index in [4.69, 9.17) is 0 Å². The summed E-state index contributed by atoms with van der Waals surface area (Å²) < 4.78 is 0. The second-order valence-corrected chi connectivity index (χ2v) is 6.92. The van der Waals surface area contributed by atoms with Crippen LogP contribution in [0.4, 0.5) is 11.6 Å². The molecule has 4 rings (SSSR count). The lowest BCUT2D eigenvalue weighted by molar-refractivity contribution is 0.102. The number of hydrogen-bond acceptors (Lipinski definition) is 5. The predicted octanol–water partition coefficient (Wildman–Crippen LogP) is 3.36. The average molecular weight is 362 g/mol. The van der Waals surface area contributed by atoms with Gasteiger partial charge in [0.15, 0.2) is 0 Å². The maximum absolute atomic E-state index is 12.5. The molecule has 0 aliphatic carbocycles.